The molecular formula is C28H28N2O5. The van der Waals surface area contributed by atoms with Crippen molar-refractivity contribution in [2.45, 2.75) is 19.6 Å². The second-order valence-electron chi connectivity index (χ2n) is 8.60. The molecule has 0 radical (unpaired) electrons. The molecule has 0 atom stereocenters. The second-order valence-corrected chi connectivity index (χ2v) is 8.60. The lowest BCUT2D eigenvalue weighted by atomic mass is 9.99. The van der Waals surface area contributed by atoms with Gasteiger partial charge in [-0.25, -0.2) is 0 Å². The minimum absolute atomic E-state index is 0.0921. The highest BCUT2D eigenvalue weighted by molar-refractivity contribution is 5.96. The highest BCUT2D eigenvalue weighted by atomic mass is 16.5. The van der Waals surface area contributed by atoms with Gasteiger partial charge in [0.1, 0.15) is 12.4 Å². The zero-order valence-corrected chi connectivity index (χ0v) is 19.4. The first-order valence-corrected chi connectivity index (χ1v) is 11.7. The van der Waals surface area contributed by atoms with E-state index in [1.54, 1.807) is 18.4 Å². The molecule has 180 valence electrons. The zero-order valence-electron chi connectivity index (χ0n) is 19.4. The minimum atomic E-state index is -0.894. The van der Waals surface area contributed by atoms with Crippen LogP contribution in [0.5, 0.6) is 5.75 Å². The maximum absolute atomic E-state index is 11.2. The number of aliphatic carboxylic acids is 1. The molecule has 1 fully saturated rings. The Kier molecular flexibility index (Phi) is 6.70. The van der Waals surface area contributed by atoms with Crippen LogP contribution in [-0.2, 0) is 29.1 Å². The van der Waals surface area contributed by atoms with E-state index in [1.807, 2.05) is 24.3 Å². The standard InChI is InChI=1S/C28H28N2O5/c29-16-19-4-3-6-20(12-19)22-13-24-23(17-34-26-7-2-1-5-21(26)15-27(31)32)18-35-28(24)25(14-22)30-8-10-33-11-9-30/h1-7,12-14,18H,8-11,15-17,29H2,(H,31,32). The molecule has 5 rings (SSSR count). The summed E-state index contributed by atoms with van der Waals surface area (Å²) in [7, 11) is 0. The van der Waals surface area contributed by atoms with Crippen molar-refractivity contribution in [3.63, 3.8) is 0 Å². The molecule has 4 aromatic rings. The Hall–Kier alpha value is -3.81. The maximum Gasteiger partial charge on any atom is 0.307 e. The average Bonchev–Trinajstić information content (AvgIpc) is 3.31. The third-order valence-corrected chi connectivity index (χ3v) is 6.28. The van der Waals surface area contributed by atoms with E-state index in [-0.39, 0.29) is 13.0 Å². The van der Waals surface area contributed by atoms with E-state index in [0.29, 0.717) is 31.1 Å². The Labute approximate surface area is 203 Å². The Balaban J connectivity index is 1.54. The second kappa shape index (κ2) is 10.2. The van der Waals surface area contributed by atoms with Crippen LogP contribution in [0.1, 0.15) is 16.7 Å². The molecule has 1 saturated heterocycles. The Morgan fingerprint density at radius 1 is 1.00 bits per heavy atom. The number of benzene rings is 3. The smallest absolute Gasteiger partial charge is 0.307 e. The third kappa shape index (κ3) is 5.01. The van der Waals surface area contributed by atoms with Crippen molar-refractivity contribution >= 4 is 22.6 Å². The number of carboxylic acid groups (broad SMARTS) is 1. The van der Waals surface area contributed by atoms with Gasteiger partial charge in [-0.3, -0.25) is 4.79 Å². The molecule has 2 heterocycles. The number of carboxylic acids is 1. The van der Waals surface area contributed by atoms with Crippen LogP contribution in [0.25, 0.3) is 22.1 Å². The van der Waals surface area contributed by atoms with Crippen molar-refractivity contribution in [2.24, 2.45) is 5.73 Å². The van der Waals surface area contributed by atoms with Gasteiger partial charge in [0.05, 0.1) is 31.6 Å². The summed E-state index contributed by atoms with van der Waals surface area (Å²) in [6, 6.07) is 19.8. The lowest BCUT2D eigenvalue weighted by Crippen LogP contribution is -2.36. The highest BCUT2D eigenvalue weighted by Gasteiger charge is 2.20. The van der Waals surface area contributed by atoms with E-state index in [4.69, 9.17) is 19.6 Å². The summed E-state index contributed by atoms with van der Waals surface area (Å²) in [4.78, 5) is 13.5. The van der Waals surface area contributed by atoms with Crippen LogP contribution >= 0.6 is 0 Å². The molecule has 0 spiro atoms. The number of hydrogen-bond acceptors (Lipinski definition) is 6. The van der Waals surface area contributed by atoms with Gasteiger partial charge in [0.2, 0.25) is 0 Å². The van der Waals surface area contributed by atoms with Crippen molar-refractivity contribution in [3.05, 3.63) is 83.6 Å². The summed E-state index contributed by atoms with van der Waals surface area (Å²) in [6.45, 7) is 3.66. The van der Waals surface area contributed by atoms with E-state index < -0.39 is 5.97 Å². The molecule has 7 heteroatoms. The first-order valence-electron chi connectivity index (χ1n) is 11.7. The molecule has 1 aromatic heterocycles. The van der Waals surface area contributed by atoms with Gasteiger partial charge in [-0.05, 0) is 41.0 Å². The molecule has 1 aliphatic rings. The van der Waals surface area contributed by atoms with Crippen LogP contribution < -0.4 is 15.4 Å². The number of nitrogens with two attached hydrogens (primary N) is 1. The van der Waals surface area contributed by atoms with Gasteiger partial charge in [-0.15, -0.1) is 0 Å². The highest BCUT2D eigenvalue weighted by Crippen LogP contribution is 2.37. The van der Waals surface area contributed by atoms with Crippen molar-refractivity contribution in [2.75, 3.05) is 31.2 Å². The van der Waals surface area contributed by atoms with Crippen molar-refractivity contribution in [3.8, 4) is 16.9 Å². The lowest BCUT2D eigenvalue weighted by molar-refractivity contribution is -0.136. The van der Waals surface area contributed by atoms with Crippen LogP contribution in [0.4, 0.5) is 5.69 Å². The summed E-state index contributed by atoms with van der Waals surface area (Å²) in [6.07, 6.45) is 1.64. The fourth-order valence-corrected chi connectivity index (χ4v) is 4.47. The van der Waals surface area contributed by atoms with Gasteiger partial charge in [0.25, 0.3) is 0 Å². The molecule has 3 N–H and O–H groups in total. The van der Waals surface area contributed by atoms with Gasteiger partial charge >= 0.3 is 5.97 Å². The maximum atomic E-state index is 11.2. The summed E-state index contributed by atoms with van der Waals surface area (Å²) in [5, 5.41) is 10.2. The van der Waals surface area contributed by atoms with E-state index in [0.717, 1.165) is 52.0 Å². The van der Waals surface area contributed by atoms with Gasteiger partial charge in [0.15, 0.2) is 5.58 Å². The number of para-hydroxylation sites is 1. The number of furan rings is 1. The first kappa shape index (κ1) is 23.0. The number of nitrogens with zero attached hydrogens (tertiary/aromatic N) is 1. The van der Waals surface area contributed by atoms with Crippen molar-refractivity contribution in [1.82, 2.24) is 0 Å². The SMILES string of the molecule is NCc1cccc(-c2cc(N3CCOCC3)c3occ(COc4ccccc4CC(=O)O)c3c2)c1. The molecule has 1 aliphatic heterocycles. The molecule has 3 aromatic carbocycles. The molecule has 7 nitrogen and oxygen atoms in total. The summed E-state index contributed by atoms with van der Waals surface area (Å²) in [5.74, 6) is -0.334. The van der Waals surface area contributed by atoms with Crippen LogP contribution in [0.15, 0.2) is 71.3 Å². The van der Waals surface area contributed by atoms with Gasteiger partial charge in [-0.2, -0.15) is 0 Å². The minimum Gasteiger partial charge on any atom is -0.488 e. The van der Waals surface area contributed by atoms with Crippen molar-refractivity contribution in [1.29, 1.82) is 0 Å². The molecule has 0 aliphatic carbocycles. The van der Waals surface area contributed by atoms with Crippen LogP contribution in [0, 0.1) is 0 Å². The normalized spacial score (nSPS) is 13.8. The fourth-order valence-electron chi connectivity index (χ4n) is 4.47. The number of fused-ring (bicyclic) bond motifs is 1. The lowest BCUT2D eigenvalue weighted by Gasteiger charge is -2.29. The van der Waals surface area contributed by atoms with Crippen LogP contribution in [-0.4, -0.2) is 37.4 Å². The molecule has 0 bridgehead atoms. The van der Waals surface area contributed by atoms with E-state index in [1.165, 1.54) is 0 Å². The largest absolute Gasteiger partial charge is 0.488 e. The van der Waals surface area contributed by atoms with Gasteiger partial charge in [0, 0.05) is 36.1 Å². The topological polar surface area (TPSA) is 98.2 Å². The average molecular weight is 473 g/mol. The zero-order chi connectivity index (χ0) is 24.2. The van der Waals surface area contributed by atoms with E-state index in [9.17, 15) is 9.90 Å². The van der Waals surface area contributed by atoms with Gasteiger partial charge < -0.3 is 29.6 Å². The van der Waals surface area contributed by atoms with Gasteiger partial charge in [-0.1, -0.05) is 36.4 Å². The van der Waals surface area contributed by atoms with Crippen LogP contribution in [0.3, 0.4) is 0 Å². The molecular weight excluding hydrogens is 444 g/mol. The predicted molar refractivity (Wildman–Crippen MR) is 135 cm³/mol. The number of hydrogen-bond donors (Lipinski definition) is 2. The third-order valence-electron chi connectivity index (χ3n) is 6.28. The number of morpholine rings is 1. The molecule has 0 amide bonds. The summed E-state index contributed by atoms with van der Waals surface area (Å²) < 4.78 is 17.7. The predicted octanol–water partition coefficient (Wildman–Crippen LogP) is 4.60. The summed E-state index contributed by atoms with van der Waals surface area (Å²) >= 11 is 0. The molecule has 35 heavy (non-hydrogen) atoms. The number of ether oxygens (including phenoxy) is 2. The van der Waals surface area contributed by atoms with E-state index in [2.05, 4.69) is 29.2 Å². The number of rotatable bonds is 8. The van der Waals surface area contributed by atoms with Crippen LogP contribution in [0.2, 0.25) is 0 Å². The van der Waals surface area contributed by atoms with E-state index >= 15 is 0 Å². The molecule has 0 unspecified atom stereocenters. The quantitative estimate of drug-likeness (QED) is 0.387. The number of anilines is 1. The fraction of sp³-hybridized carbons (Fsp3) is 0.250. The first-order chi connectivity index (χ1) is 17.1. The Bertz CT molecular complexity index is 1340. The number of carbonyl (C=O) groups is 1. The Morgan fingerprint density at radius 3 is 2.63 bits per heavy atom. The van der Waals surface area contributed by atoms with Crippen molar-refractivity contribution < 1.29 is 23.8 Å². The monoisotopic (exact) mass is 472 g/mol. The molecule has 0 saturated carbocycles. The Morgan fingerprint density at radius 2 is 1.83 bits per heavy atom. The summed E-state index contributed by atoms with van der Waals surface area (Å²) in [5.41, 5.74) is 12.5.